The number of nitriles is 1. The Morgan fingerprint density at radius 3 is 2.66 bits per heavy atom. The maximum Gasteiger partial charge on any atom is 0.264 e. The Morgan fingerprint density at radius 2 is 2.00 bits per heavy atom. The fraction of sp³-hybridized carbons (Fsp3) is 0.381. The molecular weight excluding hydrogens is 410 g/mol. The van der Waals surface area contributed by atoms with Gasteiger partial charge in [0, 0.05) is 18.1 Å². The smallest absolute Gasteiger partial charge is 0.264 e. The summed E-state index contributed by atoms with van der Waals surface area (Å²) >= 11 is 7.07. The van der Waals surface area contributed by atoms with E-state index in [1.807, 2.05) is 11.8 Å². The van der Waals surface area contributed by atoms with E-state index in [1.54, 1.807) is 25.1 Å². The van der Waals surface area contributed by atoms with Crippen LogP contribution in [0.1, 0.15) is 45.6 Å². The molecule has 0 radical (unpaired) electrons. The Labute approximate surface area is 179 Å². The minimum atomic E-state index is -0.394. The number of carbonyl (C=O) groups is 2. The second-order valence-corrected chi connectivity index (χ2v) is 8.43. The molecule has 1 fully saturated rings. The molecule has 1 aliphatic heterocycles. The van der Waals surface area contributed by atoms with Crippen molar-refractivity contribution in [3.05, 3.63) is 44.8 Å². The zero-order valence-electron chi connectivity index (χ0n) is 16.4. The second kappa shape index (κ2) is 9.29. The van der Waals surface area contributed by atoms with Crippen molar-refractivity contribution in [2.45, 2.75) is 33.1 Å². The molecule has 2 amide bonds. The number of thiophene rings is 1. The number of piperidine rings is 1. The summed E-state index contributed by atoms with van der Waals surface area (Å²) in [6.45, 7) is 4.84. The van der Waals surface area contributed by atoms with E-state index in [0.717, 1.165) is 49.3 Å². The van der Waals surface area contributed by atoms with E-state index in [2.05, 4.69) is 11.4 Å². The van der Waals surface area contributed by atoms with Crippen molar-refractivity contribution in [1.82, 2.24) is 4.90 Å². The van der Waals surface area contributed by atoms with Crippen LogP contribution in [0.4, 0.5) is 5.00 Å². The molecule has 0 spiro atoms. The molecule has 0 bridgehead atoms. The minimum absolute atomic E-state index is 0.0720. The fourth-order valence-electron chi connectivity index (χ4n) is 3.26. The first-order valence-corrected chi connectivity index (χ1v) is 10.6. The first-order chi connectivity index (χ1) is 13.9. The molecule has 0 aliphatic carbocycles. The first-order valence-electron chi connectivity index (χ1n) is 9.42. The van der Waals surface area contributed by atoms with E-state index >= 15 is 0 Å². The van der Waals surface area contributed by atoms with Gasteiger partial charge in [0.1, 0.15) is 16.8 Å². The van der Waals surface area contributed by atoms with E-state index < -0.39 is 5.91 Å². The van der Waals surface area contributed by atoms with Gasteiger partial charge < -0.3 is 15.0 Å². The van der Waals surface area contributed by atoms with Crippen molar-refractivity contribution < 1.29 is 14.3 Å². The van der Waals surface area contributed by atoms with Gasteiger partial charge in [0.25, 0.3) is 11.8 Å². The molecule has 1 saturated heterocycles. The number of hydrogen-bond acceptors (Lipinski definition) is 5. The van der Waals surface area contributed by atoms with Gasteiger partial charge in [0.2, 0.25) is 0 Å². The number of anilines is 1. The number of aryl methyl sites for hydroxylation is 1. The summed E-state index contributed by atoms with van der Waals surface area (Å²) in [5.74, 6) is 0.0969. The zero-order chi connectivity index (χ0) is 21.0. The average molecular weight is 432 g/mol. The molecular formula is C21H22ClN3O3S. The van der Waals surface area contributed by atoms with Crippen molar-refractivity contribution in [2.24, 2.45) is 0 Å². The van der Waals surface area contributed by atoms with Gasteiger partial charge in [-0.25, -0.2) is 0 Å². The Hall–Kier alpha value is -2.56. The van der Waals surface area contributed by atoms with Gasteiger partial charge in [-0.15, -0.1) is 11.3 Å². The second-order valence-electron chi connectivity index (χ2n) is 6.97. The molecule has 6 nitrogen and oxygen atoms in total. The number of nitrogens with one attached hydrogen (secondary N) is 1. The first kappa shape index (κ1) is 21.2. The third-order valence-electron chi connectivity index (χ3n) is 4.84. The van der Waals surface area contributed by atoms with Crippen LogP contribution in [0, 0.1) is 25.2 Å². The van der Waals surface area contributed by atoms with E-state index in [4.69, 9.17) is 16.3 Å². The van der Waals surface area contributed by atoms with Gasteiger partial charge in [-0.1, -0.05) is 11.6 Å². The molecule has 1 N–H and O–H groups in total. The molecule has 8 heteroatoms. The predicted octanol–water partition coefficient (Wildman–Crippen LogP) is 4.53. The van der Waals surface area contributed by atoms with E-state index in [1.165, 1.54) is 0 Å². The van der Waals surface area contributed by atoms with Crippen LogP contribution in [-0.4, -0.2) is 36.4 Å². The number of likely N-dealkylation sites (tertiary alicyclic amines) is 1. The topological polar surface area (TPSA) is 82.4 Å². The summed E-state index contributed by atoms with van der Waals surface area (Å²) in [6, 6.07) is 7.26. The number of rotatable bonds is 5. The fourth-order valence-corrected chi connectivity index (χ4v) is 4.63. The Balaban J connectivity index is 1.70. The number of carbonyl (C=O) groups excluding carboxylic acids is 2. The lowest BCUT2D eigenvalue weighted by atomic mass is 10.1. The number of benzene rings is 1. The van der Waals surface area contributed by atoms with E-state index in [0.29, 0.717) is 31.8 Å². The summed E-state index contributed by atoms with van der Waals surface area (Å²) in [5.41, 5.74) is 1.76. The van der Waals surface area contributed by atoms with E-state index in [-0.39, 0.29) is 12.5 Å². The van der Waals surface area contributed by atoms with Crippen molar-refractivity contribution in [3.8, 4) is 11.8 Å². The van der Waals surface area contributed by atoms with Crippen molar-refractivity contribution in [2.75, 3.05) is 25.0 Å². The monoisotopic (exact) mass is 431 g/mol. The largest absolute Gasteiger partial charge is 0.483 e. The lowest BCUT2D eigenvalue weighted by Crippen LogP contribution is -2.35. The molecule has 3 rings (SSSR count). The van der Waals surface area contributed by atoms with Crippen molar-refractivity contribution in [1.29, 1.82) is 5.26 Å². The maximum atomic E-state index is 12.8. The van der Waals surface area contributed by atoms with Gasteiger partial charge in [-0.2, -0.15) is 5.26 Å². The van der Waals surface area contributed by atoms with Crippen LogP contribution in [0.2, 0.25) is 5.02 Å². The molecule has 0 unspecified atom stereocenters. The van der Waals surface area contributed by atoms with Gasteiger partial charge in [-0.3, -0.25) is 9.59 Å². The van der Waals surface area contributed by atoms with Crippen molar-refractivity contribution >= 4 is 39.8 Å². The summed E-state index contributed by atoms with van der Waals surface area (Å²) < 4.78 is 5.55. The number of halogens is 1. The lowest BCUT2D eigenvalue weighted by molar-refractivity contribution is -0.118. The summed E-state index contributed by atoms with van der Waals surface area (Å²) in [4.78, 5) is 27.5. The number of hydrogen-bond donors (Lipinski definition) is 1. The number of amides is 2. The van der Waals surface area contributed by atoms with Crippen LogP contribution in [0.25, 0.3) is 0 Å². The van der Waals surface area contributed by atoms with Crippen LogP contribution in [0.5, 0.6) is 5.75 Å². The van der Waals surface area contributed by atoms with E-state index in [9.17, 15) is 14.9 Å². The van der Waals surface area contributed by atoms with Gasteiger partial charge >= 0.3 is 0 Å². The highest BCUT2D eigenvalue weighted by atomic mass is 35.5. The number of nitrogens with zero attached hydrogens (tertiary/aromatic N) is 2. The minimum Gasteiger partial charge on any atom is -0.483 e. The molecule has 1 aromatic heterocycles. The Bertz CT molecular complexity index is 974. The molecule has 1 aliphatic rings. The molecule has 2 heterocycles. The summed E-state index contributed by atoms with van der Waals surface area (Å²) in [5, 5.41) is 13.2. The highest BCUT2D eigenvalue weighted by Gasteiger charge is 2.26. The highest BCUT2D eigenvalue weighted by Crippen LogP contribution is 2.34. The zero-order valence-corrected chi connectivity index (χ0v) is 18.0. The molecule has 1 aromatic carbocycles. The average Bonchev–Trinajstić information content (AvgIpc) is 3.02. The van der Waals surface area contributed by atoms with Gasteiger partial charge in [0.15, 0.2) is 6.61 Å². The van der Waals surface area contributed by atoms with Crippen LogP contribution in [-0.2, 0) is 4.79 Å². The number of ether oxygens (including phenoxy) is 1. The molecule has 152 valence electrons. The molecule has 2 aromatic rings. The predicted molar refractivity (Wildman–Crippen MR) is 114 cm³/mol. The molecule has 0 atom stereocenters. The summed E-state index contributed by atoms with van der Waals surface area (Å²) in [6.07, 6.45) is 3.11. The Kier molecular flexibility index (Phi) is 6.78. The highest BCUT2D eigenvalue weighted by molar-refractivity contribution is 7.18. The normalized spacial score (nSPS) is 13.7. The van der Waals surface area contributed by atoms with Gasteiger partial charge in [-0.05, 0) is 62.4 Å². The Morgan fingerprint density at radius 1 is 1.28 bits per heavy atom. The third-order valence-corrected chi connectivity index (χ3v) is 6.28. The standard InChI is InChI=1S/C21H22ClN3O3S/c1-13-10-15(22)6-7-17(13)28-12-18(26)24-20-16(11-23)14(2)19(29-20)21(27)25-8-4-3-5-9-25/h6-7,10H,3-5,8-9,12H2,1-2H3,(H,24,26). The third kappa shape index (κ3) is 4.89. The van der Waals surface area contributed by atoms with Crippen LogP contribution in [0.15, 0.2) is 18.2 Å². The van der Waals surface area contributed by atoms with Crippen LogP contribution < -0.4 is 10.1 Å². The van der Waals surface area contributed by atoms with Crippen LogP contribution >= 0.6 is 22.9 Å². The molecule has 29 heavy (non-hydrogen) atoms. The van der Waals surface area contributed by atoms with Gasteiger partial charge in [0.05, 0.1) is 10.4 Å². The quantitative estimate of drug-likeness (QED) is 0.753. The summed E-state index contributed by atoms with van der Waals surface area (Å²) in [7, 11) is 0. The van der Waals surface area contributed by atoms with Crippen molar-refractivity contribution in [3.63, 3.8) is 0 Å². The molecule has 0 saturated carbocycles. The maximum absolute atomic E-state index is 12.8. The van der Waals surface area contributed by atoms with Crippen LogP contribution in [0.3, 0.4) is 0 Å². The lowest BCUT2D eigenvalue weighted by Gasteiger charge is -2.26. The SMILES string of the molecule is Cc1cc(Cl)ccc1OCC(=O)Nc1sc(C(=O)N2CCCCC2)c(C)c1C#N.